The lowest BCUT2D eigenvalue weighted by Crippen LogP contribution is -2.33. The molecule has 1 aliphatic heterocycles. The van der Waals surface area contributed by atoms with Crippen LogP contribution in [-0.4, -0.2) is 28.5 Å². The molecule has 41 heavy (non-hydrogen) atoms. The van der Waals surface area contributed by atoms with E-state index in [2.05, 4.69) is 15.5 Å². The Morgan fingerprint density at radius 2 is 1.85 bits per heavy atom. The van der Waals surface area contributed by atoms with Crippen molar-refractivity contribution in [2.24, 2.45) is 0 Å². The van der Waals surface area contributed by atoms with E-state index in [4.69, 9.17) is 4.52 Å². The summed E-state index contributed by atoms with van der Waals surface area (Å²) in [5.41, 5.74) is 5.45. The van der Waals surface area contributed by atoms with Crippen molar-refractivity contribution in [2.75, 3.05) is 16.8 Å². The summed E-state index contributed by atoms with van der Waals surface area (Å²) >= 11 is 1.35. The number of carbonyl (C=O) groups excluding carboxylic acids is 2. The highest BCUT2D eigenvalue weighted by Gasteiger charge is 2.28. The fourth-order valence-electron chi connectivity index (χ4n) is 5.05. The predicted octanol–water partition coefficient (Wildman–Crippen LogP) is 6.79. The number of carbonyl (C=O) groups is 2. The van der Waals surface area contributed by atoms with Crippen LogP contribution in [0.4, 0.5) is 15.8 Å². The normalized spacial score (nSPS) is 12.4. The fraction of sp³-hybridized carbons (Fsp3) is 0.188. The van der Waals surface area contributed by atoms with E-state index < -0.39 is 5.82 Å². The number of amides is 2. The van der Waals surface area contributed by atoms with E-state index in [-0.39, 0.29) is 17.5 Å². The van der Waals surface area contributed by atoms with Gasteiger partial charge in [0.15, 0.2) is 0 Å². The highest BCUT2D eigenvalue weighted by Crippen LogP contribution is 2.42. The third kappa shape index (κ3) is 5.40. The first-order chi connectivity index (χ1) is 19.9. The standard InChI is InChI=1S/C32H27FN4O3S/c1-19-7-5-10-25(33)29(19)35-31(38)28-18-21-15-16-37(27-12-4-3-9-24(27)30(21)41-28)32(39)26-11-6-8-22(34-26)13-14-23-17-20(2)36-40-23/h3-12,17-18H,13-16H2,1-2H3,(H,35,38). The monoisotopic (exact) mass is 566 g/mol. The molecule has 9 heteroatoms. The second-order valence-corrected chi connectivity index (χ2v) is 11.1. The molecule has 206 valence electrons. The SMILES string of the molecule is Cc1cc(CCc2cccc(C(=O)N3CCc4cc(C(=O)Nc5c(C)cccc5F)sc4-c4ccccc43)n2)on1. The molecule has 4 heterocycles. The van der Waals surface area contributed by atoms with Crippen LogP contribution in [0.25, 0.3) is 10.4 Å². The lowest BCUT2D eigenvalue weighted by atomic mass is 10.1. The average molecular weight is 567 g/mol. The van der Waals surface area contributed by atoms with E-state index in [0.29, 0.717) is 41.9 Å². The van der Waals surface area contributed by atoms with Gasteiger partial charge in [0.1, 0.15) is 17.3 Å². The maximum absolute atomic E-state index is 14.3. The van der Waals surface area contributed by atoms with Crippen molar-refractivity contribution in [1.82, 2.24) is 10.1 Å². The van der Waals surface area contributed by atoms with Gasteiger partial charge in [0, 0.05) is 35.2 Å². The molecule has 0 unspecified atom stereocenters. The van der Waals surface area contributed by atoms with Gasteiger partial charge in [-0.15, -0.1) is 11.3 Å². The zero-order valence-corrected chi connectivity index (χ0v) is 23.4. The summed E-state index contributed by atoms with van der Waals surface area (Å²) in [5, 5.41) is 6.66. The largest absolute Gasteiger partial charge is 0.361 e. The second-order valence-electron chi connectivity index (χ2n) is 10.0. The van der Waals surface area contributed by atoms with Gasteiger partial charge in [0.05, 0.1) is 21.9 Å². The Hall–Kier alpha value is -4.63. The number of aryl methyl sites for hydroxylation is 4. The third-order valence-corrected chi connectivity index (χ3v) is 8.32. The number of nitrogens with one attached hydrogen (secondary N) is 1. The molecule has 0 radical (unpaired) electrons. The molecule has 6 rings (SSSR count). The number of hydrogen-bond donors (Lipinski definition) is 1. The van der Waals surface area contributed by atoms with Crippen molar-refractivity contribution in [3.8, 4) is 10.4 Å². The van der Waals surface area contributed by atoms with Crippen LogP contribution in [0.15, 0.2) is 77.3 Å². The van der Waals surface area contributed by atoms with Gasteiger partial charge < -0.3 is 14.7 Å². The summed E-state index contributed by atoms with van der Waals surface area (Å²) in [5.74, 6) is -0.228. The van der Waals surface area contributed by atoms with E-state index in [0.717, 1.165) is 38.8 Å². The van der Waals surface area contributed by atoms with Gasteiger partial charge in [0.25, 0.3) is 11.8 Å². The number of hydrogen-bond acceptors (Lipinski definition) is 6. The lowest BCUT2D eigenvalue weighted by Gasteiger charge is -2.23. The number of rotatable bonds is 6. The molecule has 0 fully saturated rings. The first-order valence-corrected chi connectivity index (χ1v) is 14.2. The minimum Gasteiger partial charge on any atom is -0.361 e. The molecule has 0 bridgehead atoms. The topological polar surface area (TPSA) is 88.3 Å². The van der Waals surface area contributed by atoms with E-state index in [1.165, 1.54) is 17.4 Å². The zero-order chi connectivity index (χ0) is 28.5. The molecule has 1 aliphatic rings. The Morgan fingerprint density at radius 1 is 1.02 bits per heavy atom. The summed E-state index contributed by atoms with van der Waals surface area (Å²) in [6.07, 6.45) is 1.83. The van der Waals surface area contributed by atoms with Crippen LogP contribution in [-0.2, 0) is 19.3 Å². The zero-order valence-electron chi connectivity index (χ0n) is 22.6. The van der Waals surface area contributed by atoms with Gasteiger partial charge in [-0.05, 0) is 68.1 Å². The maximum Gasteiger partial charge on any atom is 0.276 e. The Bertz CT molecular complexity index is 1760. The average Bonchev–Trinajstić information content (AvgIpc) is 3.57. The van der Waals surface area contributed by atoms with Gasteiger partial charge in [-0.3, -0.25) is 9.59 Å². The van der Waals surface area contributed by atoms with Crippen LogP contribution in [0.3, 0.4) is 0 Å². The van der Waals surface area contributed by atoms with E-state index in [1.54, 1.807) is 30.0 Å². The number of anilines is 2. The van der Waals surface area contributed by atoms with Gasteiger partial charge in [0.2, 0.25) is 0 Å². The molecule has 0 saturated carbocycles. The van der Waals surface area contributed by atoms with Crippen LogP contribution in [0.2, 0.25) is 0 Å². The molecule has 0 atom stereocenters. The van der Waals surface area contributed by atoms with E-state index in [1.807, 2.05) is 55.5 Å². The highest BCUT2D eigenvalue weighted by atomic mass is 32.1. The van der Waals surface area contributed by atoms with Crippen molar-refractivity contribution >= 4 is 34.5 Å². The number of fused-ring (bicyclic) bond motifs is 3. The van der Waals surface area contributed by atoms with Crippen LogP contribution in [0.1, 0.15) is 48.4 Å². The number of halogens is 1. The third-order valence-electron chi connectivity index (χ3n) is 7.11. The summed E-state index contributed by atoms with van der Waals surface area (Å²) in [6, 6.07) is 21.6. The smallest absolute Gasteiger partial charge is 0.276 e. The molecule has 3 aromatic heterocycles. The molecule has 0 saturated heterocycles. The quantitative estimate of drug-likeness (QED) is 0.244. The summed E-state index contributed by atoms with van der Waals surface area (Å²) in [7, 11) is 0. The molecule has 5 aromatic rings. The number of pyridine rings is 1. The Balaban J connectivity index is 1.25. The first-order valence-electron chi connectivity index (χ1n) is 13.4. The number of thiophene rings is 1. The van der Waals surface area contributed by atoms with Gasteiger partial charge in [-0.2, -0.15) is 0 Å². The molecule has 7 nitrogen and oxygen atoms in total. The highest BCUT2D eigenvalue weighted by molar-refractivity contribution is 7.17. The number of nitrogens with zero attached hydrogens (tertiary/aromatic N) is 3. The summed E-state index contributed by atoms with van der Waals surface area (Å²) in [6.45, 7) is 4.06. The molecular weight excluding hydrogens is 539 g/mol. The lowest BCUT2D eigenvalue weighted by molar-refractivity contribution is 0.0981. The van der Waals surface area contributed by atoms with E-state index >= 15 is 0 Å². The summed E-state index contributed by atoms with van der Waals surface area (Å²) in [4.78, 5) is 34.8. The molecule has 1 N–H and O–H groups in total. The number of aromatic nitrogens is 2. The minimum atomic E-state index is -0.471. The van der Waals surface area contributed by atoms with Crippen LogP contribution < -0.4 is 10.2 Å². The van der Waals surface area contributed by atoms with Crippen LogP contribution >= 0.6 is 11.3 Å². The Kier molecular flexibility index (Phi) is 7.19. The first kappa shape index (κ1) is 26.6. The fourth-order valence-corrected chi connectivity index (χ4v) is 6.19. The summed E-state index contributed by atoms with van der Waals surface area (Å²) < 4.78 is 19.7. The van der Waals surface area contributed by atoms with E-state index in [9.17, 15) is 14.0 Å². The number of para-hydroxylation sites is 2. The Labute approximate surface area is 240 Å². The van der Waals surface area contributed by atoms with Crippen molar-refractivity contribution in [1.29, 1.82) is 0 Å². The maximum atomic E-state index is 14.3. The molecule has 2 amide bonds. The second kappa shape index (κ2) is 11.1. The van der Waals surface area contributed by atoms with Crippen molar-refractivity contribution in [2.45, 2.75) is 33.1 Å². The van der Waals surface area contributed by atoms with Crippen molar-refractivity contribution < 1.29 is 18.5 Å². The Morgan fingerprint density at radius 3 is 2.66 bits per heavy atom. The van der Waals surface area contributed by atoms with Crippen molar-refractivity contribution in [3.05, 3.63) is 117 Å². The van der Waals surface area contributed by atoms with Crippen LogP contribution in [0, 0.1) is 19.7 Å². The minimum absolute atomic E-state index is 0.182. The molecule has 2 aromatic carbocycles. The predicted molar refractivity (Wildman–Crippen MR) is 157 cm³/mol. The van der Waals surface area contributed by atoms with Crippen LogP contribution in [0.5, 0.6) is 0 Å². The van der Waals surface area contributed by atoms with Crippen molar-refractivity contribution in [3.63, 3.8) is 0 Å². The number of benzene rings is 2. The van der Waals surface area contributed by atoms with Gasteiger partial charge in [-0.1, -0.05) is 41.6 Å². The molecule has 0 aliphatic carbocycles. The van der Waals surface area contributed by atoms with Gasteiger partial charge >= 0.3 is 0 Å². The van der Waals surface area contributed by atoms with Gasteiger partial charge in [-0.25, -0.2) is 9.37 Å². The molecule has 0 spiro atoms. The molecular formula is C32H27FN4O3S.